The Kier molecular flexibility index (Phi) is 4.81. The largest absolute Gasteiger partial charge is 0.481 e. The van der Waals surface area contributed by atoms with Crippen molar-refractivity contribution in [2.45, 2.75) is 13.8 Å². The van der Waals surface area contributed by atoms with Gasteiger partial charge in [-0.2, -0.15) is 0 Å². The summed E-state index contributed by atoms with van der Waals surface area (Å²) in [6.07, 6.45) is 0. The van der Waals surface area contributed by atoms with Crippen LogP contribution in [0.2, 0.25) is 0 Å². The zero-order chi connectivity index (χ0) is 17.8. The molecule has 0 aliphatic heterocycles. The Morgan fingerprint density at radius 2 is 1.96 bits per heavy atom. The van der Waals surface area contributed by atoms with Crippen molar-refractivity contribution >= 4 is 28.3 Å². The molecule has 0 spiro atoms. The topological polar surface area (TPSA) is 89.3 Å². The summed E-state index contributed by atoms with van der Waals surface area (Å²) in [4.78, 5) is 16.5. The van der Waals surface area contributed by atoms with Gasteiger partial charge in [-0.3, -0.25) is 4.79 Å². The fraction of sp³-hybridized carbons (Fsp3) is 0.158. The number of para-hydroxylation sites is 1. The predicted molar refractivity (Wildman–Crippen MR) is 99.6 cm³/mol. The summed E-state index contributed by atoms with van der Waals surface area (Å²) < 4.78 is 5.66. The molecule has 25 heavy (non-hydrogen) atoms. The van der Waals surface area contributed by atoms with Crippen LogP contribution in [0.25, 0.3) is 10.9 Å². The molecular formula is C19H20N4O2. The molecule has 1 heterocycles. The third kappa shape index (κ3) is 3.87. The summed E-state index contributed by atoms with van der Waals surface area (Å²) in [7, 11) is 0. The molecule has 0 aliphatic carbocycles. The van der Waals surface area contributed by atoms with Gasteiger partial charge in [0.05, 0.1) is 0 Å². The van der Waals surface area contributed by atoms with Crippen LogP contribution in [0.1, 0.15) is 11.1 Å². The first-order chi connectivity index (χ1) is 12.1. The van der Waals surface area contributed by atoms with E-state index in [9.17, 15) is 4.79 Å². The maximum atomic E-state index is 12.2. The minimum Gasteiger partial charge on any atom is -0.481 e. The van der Waals surface area contributed by atoms with Crippen LogP contribution in [0.5, 0.6) is 5.75 Å². The Morgan fingerprint density at radius 1 is 1.12 bits per heavy atom. The summed E-state index contributed by atoms with van der Waals surface area (Å²) in [5.74, 6) is 6.24. The van der Waals surface area contributed by atoms with Crippen molar-refractivity contribution in [3.8, 4) is 5.75 Å². The minimum absolute atomic E-state index is 0.103. The highest BCUT2D eigenvalue weighted by Gasteiger charge is 2.08. The number of carbonyl (C=O) groups is 1. The van der Waals surface area contributed by atoms with E-state index >= 15 is 0 Å². The molecule has 128 valence electrons. The van der Waals surface area contributed by atoms with Crippen molar-refractivity contribution in [1.82, 2.24) is 4.98 Å². The van der Waals surface area contributed by atoms with Crippen molar-refractivity contribution in [3.05, 3.63) is 59.7 Å². The molecule has 0 saturated heterocycles. The van der Waals surface area contributed by atoms with E-state index < -0.39 is 0 Å². The average molecular weight is 336 g/mol. The van der Waals surface area contributed by atoms with Gasteiger partial charge in [-0.25, -0.2) is 10.8 Å². The molecule has 0 unspecified atom stereocenters. The number of carbonyl (C=O) groups excluding carboxylic acids is 1. The number of nitrogens with zero attached hydrogens (tertiary/aromatic N) is 1. The number of aromatic nitrogens is 1. The Bertz CT molecular complexity index is 924. The van der Waals surface area contributed by atoms with Crippen LogP contribution in [-0.4, -0.2) is 17.5 Å². The van der Waals surface area contributed by atoms with Gasteiger partial charge in [-0.1, -0.05) is 18.2 Å². The van der Waals surface area contributed by atoms with Crippen LogP contribution < -0.4 is 21.3 Å². The summed E-state index contributed by atoms with van der Waals surface area (Å²) in [6, 6.07) is 15.0. The molecule has 1 aromatic heterocycles. The summed E-state index contributed by atoms with van der Waals surface area (Å²) >= 11 is 0. The molecule has 0 radical (unpaired) electrons. The van der Waals surface area contributed by atoms with Crippen LogP contribution in [0.4, 0.5) is 11.5 Å². The molecule has 0 fully saturated rings. The van der Waals surface area contributed by atoms with Gasteiger partial charge >= 0.3 is 0 Å². The van der Waals surface area contributed by atoms with E-state index in [0.29, 0.717) is 17.1 Å². The Morgan fingerprint density at radius 3 is 2.72 bits per heavy atom. The lowest BCUT2D eigenvalue weighted by Crippen LogP contribution is -2.20. The Balaban J connectivity index is 1.71. The number of hydrazine groups is 1. The molecule has 0 bridgehead atoms. The lowest BCUT2D eigenvalue weighted by molar-refractivity contribution is -0.118. The van der Waals surface area contributed by atoms with Crippen molar-refractivity contribution in [2.24, 2.45) is 5.84 Å². The van der Waals surface area contributed by atoms with E-state index in [1.165, 1.54) is 5.56 Å². The molecule has 0 atom stereocenters. The number of fused-ring (bicyclic) bond motifs is 1. The van der Waals surface area contributed by atoms with Crippen molar-refractivity contribution in [3.63, 3.8) is 0 Å². The van der Waals surface area contributed by atoms with Crippen molar-refractivity contribution < 1.29 is 9.53 Å². The van der Waals surface area contributed by atoms with Gasteiger partial charge < -0.3 is 15.5 Å². The Hall–Kier alpha value is -3.12. The zero-order valence-corrected chi connectivity index (χ0v) is 14.2. The molecule has 6 nitrogen and oxygen atoms in total. The first-order valence-corrected chi connectivity index (χ1v) is 7.93. The van der Waals surface area contributed by atoms with Gasteiger partial charge in [0.15, 0.2) is 6.61 Å². The van der Waals surface area contributed by atoms with Crippen LogP contribution in [-0.2, 0) is 4.79 Å². The minimum atomic E-state index is -0.228. The second-order valence-electron chi connectivity index (χ2n) is 5.80. The van der Waals surface area contributed by atoms with E-state index in [1.54, 1.807) is 12.1 Å². The molecule has 4 N–H and O–H groups in total. The van der Waals surface area contributed by atoms with Crippen molar-refractivity contribution in [1.29, 1.82) is 0 Å². The standard InChI is InChI=1S/C19H20N4O2/c1-12-6-8-15(10-13(12)2)21-18(24)11-25-16-5-3-4-14-7-9-17(23-20)22-19(14)16/h3-10H,11,20H2,1-2H3,(H,21,24)(H,22,23). The number of ether oxygens (including phenoxy) is 1. The number of aryl methyl sites for hydroxylation is 2. The maximum absolute atomic E-state index is 12.2. The number of benzene rings is 2. The number of nitrogen functional groups attached to an aromatic ring is 1. The lowest BCUT2D eigenvalue weighted by Gasteiger charge is -2.11. The molecular weight excluding hydrogens is 316 g/mol. The molecule has 1 amide bonds. The number of amides is 1. The van der Waals surface area contributed by atoms with Crippen molar-refractivity contribution in [2.75, 3.05) is 17.3 Å². The normalized spacial score (nSPS) is 10.5. The van der Waals surface area contributed by atoms with E-state index in [4.69, 9.17) is 10.6 Å². The molecule has 3 rings (SSSR count). The summed E-state index contributed by atoms with van der Waals surface area (Å²) in [5, 5.41) is 3.74. The van der Waals surface area contributed by atoms with Gasteiger partial charge in [0.1, 0.15) is 17.1 Å². The third-order valence-electron chi connectivity index (χ3n) is 3.98. The maximum Gasteiger partial charge on any atom is 0.262 e. The predicted octanol–water partition coefficient (Wildman–Crippen LogP) is 3.15. The zero-order valence-electron chi connectivity index (χ0n) is 14.2. The van der Waals surface area contributed by atoms with Gasteiger partial charge in [-0.05, 0) is 55.3 Å². The first kappa shape index (κ1) is 16.7. The number of hydrogen-bond acceptors (Lipinski definition) is 5. The van der Waals surface area contributed by atoms with Gasteiger partial charge in [0.25, 0.3) is 5.91 Å². The highest BCUT2D eigenvalue weighted by molar-refractivity contribution is 5.92. The van der Waals surface area contributed by atoms with Gasteiger partial charge in [-0.15, -0.1) is 0 Å². The second kappa shape index (κ2) is 7.19. The van der Waals surface area contributed by atoms with Gasteiger partial charge in [0, 0.05) is 11.1 Å². The van der Waals surface area contributed by atoms with Crippen LogP contribution in [0.3, 0.4) is 0 Å². The molecule has 0 saturated carbocycles. The average Bonchev–Trinajstić information content (AvgIpc) is 2.62. The smallest absolute Gasteiger partial charge is 0.262 e. The number of anilines is 2. The van der Waals surface area contributed by atoms with Crippen LogP contribution >= 0.6 is 0 Å². The lowest BCUT2D eigenvalue weighted by atomic mass is 10.1. The summed E-state index contributed by atoms with van der Waals surface area (Å²) in [5.41, 5.74) is 6.21. The molecule has 2 aromatic carbocycles. The highest BCUT2D eigenvalue weighted by Crippen LogP contribution is 2.25. The molecule has 6 heteroatoms. The van der Waals surface area contributed by atoms with E-state index in [-0.39, 0.29) is 12.5 Å². The highest BCUT2D eigenvalue weighted by atomic mass is 16.5. The number of nitrogens with two attached hydrogens (primary N) is 1. The molecule has 0 aliphatic rings. The third-order valence-corrected chi connectivity index (χ3v) is 3.98. The van der Waals surface area contributed by atoms with Crippen LogP contribution in [0, 0.1) is 13.8 Å². The number of rotatable bonds is 5. The Labute approximate surface area is 146 Å². The van der Waals surface area contributed by atoms with Gasteiger partial charge in [0.2, 0.25) is 0 Å². The fourth-order valence-electron chi connectivity index (χ4n) is 2.48. The van der Waals surface area contributed by atoms with E-state index in [1.807, 2.05) is 50.2 Å². The first-order valence-electron chi connectivity index (χ1n) is 7.93. The monoisotopic (exact) mass is 336 g/mol. The SMILES string of the molecule is Cc1ccc(NC(=O)COc2cccc3ccc(NN)nc23)cc1C. The van der Waals surface area contributed by atoms with E-state index in [2.05, 4.69) is 15.7 Å². The quantitative estimate of drug-likeness (QED) is 0.492. The summed E-state index contributed by atoms with van der Waals surface area (Å²) in [6.45, 7) is 3.93. The van der Waals surface area contributed by atoms with Crippen LogP contribution in [0.15, 0.2) is 48.5 Å². The van der Waals surface area contributed by atoms with E-state index in [0.717, 1.165) is 16.6 Å². The number of nitrogens with one attached hydrogen (secondary N) is 2. The number of hydrogen-bond donors (Lipinski definition) is 3. The number of pyridine rings is 1. The second-order valence-corrected chi connectivity index (χ2v) is 5.80. The fourth-order valence-corrected chi connectivity index (χ4v) is 2.48. The molecule has 3 aromatic rings.